The predicted octanol–water partition coefficient (Wildman–Crippen LogP) is 3.60. The molecule has 0 atom stereocenters. The van der Waals surface area contributed by atoms with E-state index in [2.05, 4.69) is 20.3 Å². The number of fused-ring (bicyclic) bond motifs is 1. The second-order valence-electron chi connectivity index (χ2n) is 6.30. The fraction of sp³-hybridized carbons (Fsp3) is 0.143. The highest BCUT2D eigenvalue weighted by Crippen LogP contribution is 2.24. The van der Waals surface area contributed by atoms with Gasteiger partial charge in [-0.15, -0.1) is 0 Å². The van der Waals surface area contributed by atoms with Gasteiger partial charge in [0.15, 0.2) is 0 Å². The number of hydrogen-bond acceptors (Lipinski definition) is 5. The first-order valence-corrected chi connectivity index (χ1v) is 8.55. The fourth-order valence-electron chi connectivity index (χ4n) is 2.86. The zero-order valence-electron chi connectivity index (χ0n) is 18.3. The third-order valence-electron chi connectivity index (χ3n) is 4.56. The minimum Gasteiger partial charge on any atom is -0.497 e. The van der Waals surface area contributed by atoms with Gasteiger partial charge < -0.3 is 9.30 Å². The lowest BCUT2D eigenvalue weighted by Crippen LogP contribution is -2.14. The molecule has 0 spiro atoms. The van der Waals surface area contributed by atoms with E-state index in [0.717, 1.165) is 22.5 Å². The molecule has 0 fully saturated rings. The number of ether oxygens (including phenoxy) is 1. The van der Waals surface area contributed by atoms with Crippen molar-refractivity contribution in [3.8, 4) is 17.0 Å². The Morgan fingerprint density at radius 1 is 1.14 bits per heavy atom. The second-order valence-corrected chi connectivity index (χ2v) is 6.30. The number of carbonyl (C=O) groups excluding carboxylic acids is 1. The summed E-state index contributed by atoms with van der Waals surface area (Å²) in [7, 11) is -0.600. The molecule has 0 aliphatic rings. The molecule has 2 aromatic carbocycles. The molecule has 0 aliphatic carbocycles. The lowest BCUT2D eigenvalue weighted by Gasteiger charge is -2.08. The Hall–Kier alpha value is -3.74. The van der Waals surface area contributed by atoms with Crippen molar-refractivity contribution in [1.29, 1.82) is 0 Å². The Labute approximate surface area is 166 Å². The van der Waals surface area contributed by atoms with E-state index < -0.39 is 12.9 Å². The predicted molar refractivity (Wildman–Crippen MR) is 107 cm³/mol. The van der Waals surface area contributed by atoms with Crippen LogP contribution in [-0.4, -0.2) is 32.5 Å². The van der Waals surface area contributed by atoms with Gasteiger partial charge in [0.25, 0.3) is 5.91 Å². The van der Waals surface area contributed by atoms with E-state index in [1.54, 1.807) is 12.4 Å². The highest BCUT2D eigenvalue weighted by molar-refractivity contribution is 6.03. The molecular formula is C21H19N5O2. The van der Waals surface area contributed by atoms with E-state index in [4.69, 9.17) is 8.85 Å². The van der Waals surface area contributed by atoms with Gasteiger partial charge in [0.2, 0.25) is 5.95 Å². The summed E-state index contributed by atoms with van der Waals surface area (Å²) >= 11 is 0. The van der Waals surface area contributed by atoms with Crippen LogP contribution in [0.25, 0.3) is 22.2 Å². The van der Waals surface area contributed by atoms with Crippen LogP contribution in [0.15, 0.2) is 54.9 Å². The molecule has 1 amide bonds. The number of amides is 1. The number of aryl methyl sites for hydroxylation is 1. The second kappa shape index (κ2) is 7.11. The zero-order chi connectivity index (χ0) is 22.2. The van der Waals surface area contributed by atoms with Crippen LogP contribution in [0.1, 0.15) is 20.3 Å². The number of methoxy groups -OCH3 is 1. The molecule has 4 aromatic rings. The highest BCUT2D eigenvalue weighted by atomic mass is 16.5. The molecule has 28 heavy (non-hydrogen) atoms. The SMILES string of the molecule is [2H]C([2H])([2H])Oc1ccc(C(=O)Nc2ncc3ccc(-c4cnc(C)n4C)cc3n2)cc1. The maximum absolute atomic E-state index is 12.5. The maximum atomic E-state index is 12.5. The Morgan fingerprint density at radius 3 is 2.68 bits per heavy atom. The summed E-state index contributed by atoms with van der Waals surface area (Å²) in [6.45, 7) is 1.93. The van der Waals surface area contributed by atoms with Crippen molar-refractivity contribution in [3.05, 3.63) is 66.2 Å². The van der Waals surface area contributed by atoms with Gasteiger partial charge in [0.05, 0.1) is 28.6 Å². The first kappa shape index (κ1) is 14.3. The molecule has 7 heteroatoms. The Bertz CT molecular complexity index is 1270. The summed E-state index contributed by atoms with van der Waals surface area (Å²) in [5, 5.41) is 3.50. The Kier molecular flexibility index (Phi) is 3.64. The van der Waals surface area contributed by atoms with Crippen LogP contribution < -0.4 is 10.1 Å². The number of nitrogens with zero attached hydrogens (tertiary/aromatic N) is 4. The van der Waals surface area contributed by atoms with Crippen molar-refractivity contribution in [2.45, 2.75) is 6.92 Å². The molecule has 4 rings (SSSR count). The normalized spacial score (nSPS) is 12.9. The number of rotatable bonds is 4. The highest BCUT2D eigenvalue weighted by Gasteiger charge is 2.10. The summed E-state index contributed by atoms with van der Waals surface area (Å²) in [5.74, 6) is 0.800. The van der Waals surface area contributed by atoms with E-state index in [-0.39, 0.29) is 11.7 Å². The minimum absolute atomic E-state index is 0.149. The average molecular weight is 376 g/mol. The van der Waals surface area contributed by atoms with Gasteiger partial charge in [-0.2, -0.15) is 0 Å². The summed E-state index contributed by atoms with van der Waals surface area (Å²) in [6.07, 6.45) is 3.45. The van der Waals surface area contributed by atoms with E-state index in [9.17, 15) is 4.79 Å². The largest absolute Gasteiger partial charge is 0.497 e. The molecule has 140 valence electrons. The number of carbonyl (C=O) groups is 1. The van der Waals surface area contributed by atoms with E-state index in [0.29, 0.717) is 11.1 Å². The van der Waals surface area contributed by atoms with Gasteiger partial charge in [0.1, 0.15) is 11.6 Å². The molecular weight excluding hydrogens is 354 g/mol. The lowest BCUT2D eigenvalue weighted by molar-refractivity contribution is 0.102. The molecule has 0 unspecified atom stereocenters. The van der Waals surface area contributed by atoms with Gasteiger partial charge in [0, 0.05) is 29.8 Å². The van der Waals surface area contributed by atoms with Gasteiger partial charge in [-0.05, 0) is 37.3 Å². The molecule has 0 saturated carbocycles. The number of benzene rings is 2. The van der Waals surface area contributed by atoms with Crippen LogP contribution in [0.4, 0.5) is 5.95 Å². The summed E-state index contributed by atoms with van der Waals surface area (Å²) in [5.41, 5.74) is 2.92. The van der Waals surface area contributed by atoms with Crippen molar-refractivity contribution < 1.29 is 13.6 Å². The van der Waals surface area contributed by atoms with Crippen LogP contribution in [0.5, 0.6) is 5.75 Å². The van der Waals surface area contributed by atoms with Crippen molar-refractivity contribution in [2.75, 3.05) is 12.4 Å². The summed E-state index contributed by atoms with van der Waals surface area (Å²) in [4.78, 5) is 25.5. The standard InChI is InChI=1S/C21H19N5O2/c1-13-22-12-19(26(13)2)15-4-5-16-11-23-21(24-18(16)10-15)25-20(27)14-6-8-17(28-3)9-7-14/h4-12H,1-3H3,(H,23,24,25,27)/i3D3. The van der Waals surface area contributed by atoms with Crippen LogP contribution in [-0.2, 0) is 7.05 Å². The molecule has 2 heterocycles. The molecule has 0 aliphatic heterocycles. The minimum atomic E-state index is -2.55. The van der Waals surface area contributed by atoms with Crippen LogP contribution in [0.2, 0.25) is 0 Å². The first-order valence-electron chi connectivity index (χ1n) is 10.1. The fourth-order valence-corrected chi connectivity index (χ4v) is 2.86. The number of anilines is 1. The smallest absolute Gasteiger partial charge is 0.258 e. The van der Waals surface area contributed by atoms with E-state index in [1.807, 2.05) is 36.7 Å². The van der Waals surface area contributed by atoms with Crippen LogP contribution in [0, 0.1) is 6.92 Å². The van der Waals surface area contributed by atoms with Crippen LogP contribution in [0.3, 0.4) is 0 Å². The number of imidazole rings is 1. The summed E-state index contributed by atoms with van der Waals surface area (Å²) in [6, 6.07) is 11.6. The van der Waals surface area contributed by atoms with Gasteiger partial charge >= 0.3 is 0 Å². The number of hydrogen-bond donors (Lipinski definition) is 1. The maximum Gasteiger partial charge on any atom is 0.258 e. The monoisotopic (exact) mass is 376 g/mol. The lowest BCUT2D eigenvalue weighted by atomic mass is 10.1. The topological polar surface area (TPSA) is 81.9 Å². The van der Waals surface area contributed by atoms with Crippen molar-refractivity contribution >= 4 is 22.8 Å². The van der Waals surface area contributed by atoms with E-state index in [1.165, 1.54) is 24.3 Å². The molecule has 0 bridgehead atoms. The number of nitrogens with one attached hydrogen (secondary N) is 1. The zero-order valence-corrected chi connectivity index (χ0v) is 15.3. The Morgan fingerprint density at radius 2 is 1.96 bits per heavy atom. The number of aromatic nitrogens is 4. The Balaban J connectivity index is 1.55. The van der Waals surface area contributed by atoms with Crippen LogP contribution >= 0.6 is 0 Å². The molecule has 2 aromatic heterocycles. The molecule has 0 radical (unpaired) electrons. The van der Waals surface area contributed by atoms with Crippen molar-refractivity contribution in [3.63, 3.8) is 0 Å². The van der Waals surface area contributed by atoms with Gasteiger partial charge in [-0.1, -0.05) is 12.1 Å². The average Bonchev–Trinajstić information content (AvgIpc) is 3.05. The van der Waals surface area contributed by atoms with Crippen molar-refractivity contribution in [1.82, 2.24) is 19.5 Å². The van der Waals surface area contributed by atoms with Gasteiger partial charge in [-0.25, -0.2) is 15.0 Å². The first-order chi connectivity index (χ1) is 14.7. The third kappa shape index (κ3) is 3.29. The quantitative estimate of drug-likeness (QED) is 0.588. The third-order valence-corrected chi connectivity index (χ3v) is 4.56. The van der Waals surface area contributed by atoms with E-state index >= 15 is 0 Å². The summed E-state index contributed by atoms with van der Waals surface area (Å²) < 4.78 is 28.1. The van der Waals surface area contributed by atoms with Crippen molar-refractivity contribution in [2.24, 2.45) is 7.05 Å². The van der Waals surface area contributed by atoms with Gasteiger partial charge in [-0.3, -0.25) is 10.1 Å². The molecule has 7 nitrogen and oxygen atoms in total. The molecule has 0 saturated heterocycles. The molecule has 1 N–H and O–H groups in total.